The summed E-state index contributed by atoms with van der Waals surface area (Å²) in [6, 6.07) is 0. The van der Waals surface area contributed by atoms with E-state index in [9.17, 15) is 15.2 Å². The minimum Gasteiger partial charge on any atom is -0.390 e. The molecule has 0 radical (unpaired) electrons. The van der Waals surface area contributed by atoms with Crippen molar-refractivity contribution >= 4 is 5.69 Å². The molecule has 21 heavy (non-hydrogen) atoms. The molecule has 120 valence electrons. The van der Waals surface area contributed by atoms with Gasteiger partial charge >= 0.3 is 5.69 Å². The van der Waals surface area contributed by atoms with Crippen molar-refractivity contribution < 1.29 is 14.8 Å². The lowest BCUT2D eigenvalue weighted by Gasteiger charge is -2.12. The van der Waals surface area contributed by atoms with E-state index in [2.05, 4.69) is 10.4 Å². The molecule has 0 saturated heterocycles. The van der Waals surface area contributed by atoms with E-state index < -0.39 is 11.0 Å². The smallest absolute Gasteiger partial charge is 0.312 e. The van der Waals surface area contributed by atoms with E-state index in [-0.39, 0.29) is 12.2 Å². The van der Waals surface area contributed by atoms with Crippen LogP contribution in [0.1, 0.15) is 24.7 Å². The number of ether oxygens (including phenoxy) is 1. The van der Waals surface area contributed by atoms with Gasteiger partial charge in [0, 0.05) is 19.8 Å². The molecule has 1 atom stereocenters. The van der Waals surface area contributed by atoms with Crippen LogP contribution in [0.2, 0.25) is 0 Å². The molecule has 1 aromatic heterocycles. The van der Waals surface area contributed by atoms with E-state index in [1.807, 2.05) is 6.92 Å². The van der Waals surface area contributed by atoms with Gasteiger partial charge in [-0.2, -0.15) is 5.10 Å². The summed E-state index contributed by atoms with van der Waals surface area (Å²) >= 11 is 0. The van der Waals surface area contributed by atoms with Crippen LogP contribution in [-0.2, 0) is 11.3 Å². The van der Waals surface area contributed by atoms with Gasteiger partial charge in [0.25, 0.3) is 0 Å². The first-order chi connectivity index (χ1) is 9.97. The lowest BCUT2D eigenvalue weighted by molar-refractivity contribution is -0.386. The first kappa shape index (κ1) is 17.5. The van der Waals surface area contributed by atoms with E-state index in [4.69, 9.17) is 4.74 Å². The van der Waals surface area contributed by atoms with Gasteiger partial charge in [0.2, 0.25) is 0 Å². The zero-order chi connectivity index (χ0) is 15.8. The van der Waals surface area contributed by atoms with Gasteiger partial charge < -0.3 is 15.2 Å². The van der Waals surface area contributed by atoms with Gasteiger partial charge in [-0.05, 0) is 33.7 Å². The summed E-state index contributed by atoms with van der Waals surface area (Å²) in [7, 11) is 0. The molecule has 1 unspecified atom stereocenters. The van der Waals surface area contributed by atoms with Crippen LogP contribution in [0.25, 0.3) is 0 Å². The van der Waals surface area contributed by atoms with Crippen LogP contribution in [0.3, 0.4) is 0 Å². The second-order valence-corrected chi connectivity index (χ2v) is 4.87. The van der Waals surface area contributed by atoms with Crippen molar-refractivity contribution in [2.75, 3.05) is 26.3 Å². The predicted octanol–water partition coefficient (Wildman–Crippen LogP) is 0.785. The van der Waals surface area contributed by atoms with Crippen LogP contribution < -0.4 is 5.32 Å². The summed E-state index contributed by atoms with van der Waals surface area (Å²) in [6.45, 7) is 8.00. The number of aliphatic hydroxyl groups is 1. The number of nitrogens with zero attached hydrogens (tertiary/aromatic N) is 3. The van der Waals surface area contributed by atoms with Crippen molar-refractivity contribution in [1.29, 1.82) is 0 Å². The number of hydrogen-bond donors (Lipinski definition) is 2. The van der Waals surface area contributed by atoms with Gasteiger partial charge in [0.1, 0.15) is 11.4 Å². The normalized spacial score (nSPS) is 12.6. The predicted molar refractivity (Wildman–Crippen MR) is 78.3 cm³/mol. The minimum atomic E-state index is -0.644. The summed E-state index contributed by atoms with van der Waals surface area (Å²) in [5.41, 5.74) is 0.856. The summed E-state index contributed by atoms with van der Waals surface area (Å²) in [6.07, 6.45) is 0.237. The van der Waals surface area contributed by atoms with Gasteiger partial charge in [-0.25, -0.2) is 0 Å². The van der Waals surface area contributed by atoms with Gasteiger partial charge in [0.05, 0.1) is 17.6 Å². The Hall–Kier alpha value is -1.51. The zero-order valence-corrected chi connectivity index (χ0v) is 12.8. The molecular weight excluding hydrogens is 276 g/mol. The Balaban J connectivity index is 2.40. The van der Waals surface area contributed by atoms with Gasteiger partial charge in [-0.15, -0.1) is 0 Å². The summed E-state index contributed by atoms with van der Waals surface area (Å²) in [5.74, 6) is 0. The fourth-order valence-electron chi connectivity index (χ4n) is 2.11. The molecule has 1 heterocycles. The molecule has 0 saturated carbocycles. The zero-order valence-electron chi connectivity index (χ0n) is 12.8. The first-order valence-corrected chi connectivity index (χ1v) is 7.12. The Morgan fingerprint density at radius 1 is 1.52 bits per heavy atom. The third-order valence-corrected chi connectivity index (χ3v) is 3.14. The van der Waals surface area contributed by atoms with E-state index in [1.165, 1.54) is 4.68 Å². The second-order valence-electron chi connectivity index (χ2n) is 4.87. The maximum atomic E-state index is 10.9. The Bertz CT molecular complexity index is 461. The molecule has 1 aromatic rings. The van der Waals surface area contributed by atoms with Crippen molar-refractivity contribution in [3.8, 4) is 0 Å². The van der Waals surface area contributed by atoms with Gasteiger partial charge in [-0.1, -0.05) is 0 Å². The molecule has 2 N–H and O–H groups in total. The second kappa shape index (κ2) is 8.71. The number of aromatic nitrogens is 2. The number of nitro groups is 1. The summed E-state index contributed by atoms with van der Waals surface area (Å²) in [4.78, 5) is 10.5. The van der Waals surface area contributed by atoms with Crippen molar-refractivity contribution in [1.82, 2.24) is 15.1 Å². The minimum absolute atomic E-state index is 0.0203. The van der Waals surface area contributed by atoms with Crippen LogP contribution in [0.4, 0.5) is 5.69 Å². The highest BCUT2D eigenvalue weighted by Gasteiger charge is 2.22. The highest BCUT2D eigenvalue weighted by atomic mass is 16.6. The molecule has 0 amide bonds. The Labute approximate surface area is 124 Å². The fourth-order valence-corrected chi connectivity index (χ4v) is 2.11. The number of nitrogens with one attached hydrogen (secondary N) is 1. The fraction of sp³-hybridized carbons (Fsp3) is 0.769. The van der Waals surface area contributed by atoms with Crippen LogP contribution in [0.15, 0.2) is 0 Å². The molecule has 0 bridgehead atoms. The molecule has 0 fully saturated rings. The highest BCUT2D eigenvalue weighted by molar-refractivity contribution is 5.39. The molecule has 8 nitrogen and oxygen atoms in total. The van der Waals surface area contributed by atoms with Crippen molar-refractivity contribution in [2.45, 2.75) is 39.8 Å². The van der Waals surface area contributed by atoms with Crippen molar-refractivity contribution in [2.24, 2.45) is 0 Å². The van der Waals surface area contributed by atoms with E-state index in [0.717, 1.165) is 13.0 Å². The Morgan fingerprint density at radius 2 is 2.24 bits per heavy atom. The number of aryl methyl sites for hydroxylation is 1. The maximum absolute atomic E-state index is 10.9. The quantitative estimate of drug-likeness (QED) is 0.376. The third kappa shape index (κ3) is 5.41. The molecular formula is C13H24N4O4. The number of aliphatic hydroxyl groups excluding tert-OH is 1. The molecule has 0 aliphatic rings. The molecule has 8 heteroatoms. The van der Waals surface area contributed by atoms with Crippen LogP contribution >= 0.6 is 0 Å². The van der Waals surface area contributed by atoms with E-state index >= 15 is 0 Å². The summed E-state index contributed by atoms with van der Waals surface area (Å²) < 4.78 is 6.70. The lowest BCUT2D eigenvalue weighted by atomic mass is 10.3. The summed E-state index contributed by atoms with van der Waals surface area (Å²) in [5, 5.41) is 28.1. The average molecular weight is 300 g/mol. The first-order valence-electron chi connectivity index (χ1n) is 7.12. The number of hydrogen-bond acceptors (Lipinski definition) is 6. The van der Waals surface area contributed by atoms with Crippen molar-refractivity contribution in [3.05, 3.63) is 21.5 Å². The maximum Gasteiger partial charge on any atom is 0.312 e. The van der Waals surface area contributed by atoms with Crippen LogP contribution in [-0.4, -0.2) is 52.2 Å². The average Bonchev–Trinajstić information content (AvgIpc) is 2.68. The van der Waals surface area contributed by atoms with Crippen molar-refractivity contribution in [3.63, 3.8) is 0 Å². The SMILES string of the molecule is CCOCCCNCC(O)Cn1nc(C)c([N+](=O)[O-])c1C. The van der Waals surface area contributed by atoms with E-state index in [0.29, 0.717) is 31.1 Å². The van der Waals surface area contributed by atoms with Crippen LogP contribution in [0, 0.1) is 24.0 Å². The molecule has 0 aromatic carbocycles. The Morgan fingerprint density at radius 3 is 2.81 bits per heavy atom. The molecule has 0 aliphatic carbocycles. The Kier molecular flexibility index (Phi) is 7.27. The molecule has 1 rings (SSSR count). The van der Waals surface area contributed by atoms with Gasteiger partial charge in [-0.3, -0.25) is 14.8 Å². The monoisotopic (exact) mass is 300 g/mol. The molecule has 0 spiro atoms. The lowest BCUT2D eigenvalue weighted by Crippen LogP contribution is -2.31. The van der Waals surface area contributed by atoms with Gasteiger partial charge in [0.15, 0.2) is 0 Å². The highest BCUT2D eigenvalue weighted by Crippen LogP contribution is 2.21. The largest absolute Gasteiger partial charge is 0.390 e. The topological polar surface area (TPSA) is 102 Å². The standard InChI is InChI=1S/C13H24N4O4/c1-4-21-7-5-6-14-8-12(18)9-16-11(3)13(17(19)20)10(2)15-16/h12,14,18H,4-9H2,1-3H3. The molecule has 0 aliphatic heterocycles. The number of rotatable bonds is 10. The van der Waals surface area contributed by atoms with Crippen LogP contribution in [0.5, 0.6) is 0 Å². The third-order valence-electron chi connectivity index (χ3n) is 3.14. The van der Waals surface area contributed by atoms with E-state index in [1.54, 1.807) is 13.8 Å².